The summed E-state index contributed by atoms with van der Waals surface area (Å²) in [4.78, 5) is 29.3. The number of anilines is 2. The minimum Gasteiger partial charge on any atom is -0.377 e. The number of benzene rings is 1. The Morgan fingerprint density at radius 2 is 1.76 bits per heavy atom. The van der Waals surface area contributed by atoms with Crippen molar-refractivity contribution in [3.05, 3.63) is 23.8 Å². The highest BCUT2D eigenvalue weighted by atomic mass is 16.2. The van der Waals surface area contributed by atoms with Crippen molar-refractivity contribution in [3.8, 4) is 0 Å². The van der Waals surface area contributed by atoms with Crippen molar-refractivity contribution in [3.63, 3.8) is 0 Å². The average Bonchev–Trinajstić information content (AvgIpc) is 2.65. The predicted octanol–water partition coefficient (Wildman–Crippen LogP) is 5.20. The number of nitrogens with zero attached hydrogens (tertiary/aromatic N) is 2. The molecule has 29 heavy (non-hydrogen) atoms. The van der Waals surface area contributed by atoms with Gasteiger partial charge in [0.2, 0.25) is 11.8 Å². The van der Waals surface area contributed by atoms with E-state index >= 15 is 0 Å². The van der Waals surface area contributed by atoms with Crippen LogP contribution in [0.2, 0.25) is 0 Å². The molecule has 0 bridgehead atoms. The van der Waals surface area contributed by atoms with Crippen molar-refractivity contribution in [1.29, 1.82) is 0 Å². The van der Waals surface area contributed by atoms with E-state index in [1.54, 1.807) is 0 Å². The van der Waals surface area contributed by atoms with Crippen LogP contribution in [0.1, 0.15) is 78.2 Å². The third kappa shape index (κ3) is 7.06. The van der Waals surface area contributed by atoms with Gasteiger partial charge in [-0.3, -0.25) is 9.59 Å². The molecule has 0 radical (unpaired) electrons. The minimum atomic E-state index is -0.0364. The van der Waals surface area contributed by atoms with Gasteiger partial charge in [-0.05, 0) is 42.0 Å². The molecule has 1 fully saturated rings. The van der Waals surface area contributed by atoms with Gasteiger partial charge in [0.25, 0.3) is 0 Å². The van der Waals surface area contributed by atoms with Crippen LogP contribution < -0.4 is 10.2 Å². The molecule has 1 aromatic carbocycles. The lowest BCUT2D eigenvalue weighted by molar-refractivity contribution is -0.136. The summed E-state index contributed by atoms with van der Waals surface area (Å²) in [6, 6.07) is 6.31. The third-order valence-corrected chi connectivity index (χ3v) is 5.52. The van der Waals surface area contributed by atoms with Crippen LogP contribution in [-0.2, 0) is 16.1 Å². The molecule has 162 valence electrons. The molecule has 0 unspecified atom stereocenters. The van der Waals surface area contributed by atoms with Gasteiger partial charge >= 0.3 is 0 Å². The Labute approximate surface area is 176 Å². The molecule has 0 aromatic heterocycles. The number of hydrogen-bond donors (Lipinski definition) is 1. The minimum absolute atomic E-state index is 0.00139. The fourth-order valence-corrected chi connectivity index (χ4v) is 4.03. The Bertz CT molecular complexity index is 701. The van der Waals surface area contributed by atoms with Crippen LogP contribution in [0.15, 0.2) is 18.2 Å². The van der Waals surface area contributed by atoms with Crippen molar-refractivity contribution in [2.75, 3.05) is 24.3 Å². The summed E-state index contributed by atoms with van der Waals surface area (Å²) in [5.41, 5.74) is 2.93. The maximum atomic E-state index is 13.3. The van der Waals surface area contributed by atoms with Gasteiger partial charge < -0.3 is 15.1 Å². The zero-order valence-corrected chi connectivity index (χ0v) is 19.2. The van der Waals surface area contributed by atoms with Crippen molar-refractivity contribution >= 4 is 23.2 Å². The first-order valence-corrected chi connectivity index (χ1v) is 11.0. The van der Waals surface area contributed by atoms with E-state index in [4.69, 9.17) is 0 Å². The lowest BCUT2D eigenvalue weighted by atomic mass is 9.89. The van der Waals surface area contributed by atoms with E-state index in [1.165, 1.54) is 19.3 Å². The first kappa shape index (κ1) is 23.2. The smallest absolute Gasteiger partial charge is 0.224 e. The molecule has 2 rings (SSSR count). The zero-order chi connectivity index (χ0) is 21.6. The molecule has 0 heterocycles. The molecule has 1 N–H and O–H groups in total. The first-order chi connectivity index (χ1) is 13.6. The quantitative estimate of drug-likeness (QED) is 0.683. The Balaban J connectivity index is 2.34. The van der Waals surface area contributed by atoms with Crippen LogP contribution >= 0.6 is 0 Å². The van der Waals surface area contributed by atoms with Crippen molar-refractivity contribution in [2.45, 2.75) is 85.2 Å². The molecule has 0 spiro atoms. The number of carbonyl (C=O) groups excluding carboxylic acids is 2. The molecule has 1 aliphatic carbocycles. The van der Waals surface area contributed by atoms with Gasteiger partial charge in [0.1, 0.15) is 0 Å². The largest absolute Gasteiger partial charge is 0.377 e. The molecular formula is C24H39N3O2. The van der Waals surface area contributed by atoms with E-state index in [0.29, 0.717) is 25.4 Å². The molecule has 1 aliphatic rings. The van der Waals surface area contributed by atoms with E-state index in [0.717, 1.165) is 29.8 Å². The molecule has 5 nitrogen and oxygen atoms in total. The highest BCUT2D eigenvalue weighted by molar-refractivity contribution is 5.91. The standard InChI is InChI=1S/C24H39N3O2/c1-7-22(28)25-19-13-14-21(26(5)6)18(15-19)17-27(20-11-9-8-10-12-20)23(29)16-24(2,3)4/h13-15,20H,7-12,16-17H2,1-6H3,(H,25,28). The van der Waals surface area contributed by atoms with E-state index in [-0.39, 0.29) is 17.2 Å². The van der Waals surface area contributed by atoms with Crippen LogP contribution in [0.4, 0.5) is 11.4 Å². The molecular weight excluding hydrogens is 362 g/mol. The number of hydrogen-bond acceptors (Lipinski definition) is 3. The first-order valence-electron chi connectivity index (χ1n) is 11.0. The number of nitrogens with one attached hydrogen (secondary N) is 1. The van der Waals surface area contributed by atoms with Crippen LogP contribution in [-0.4, -0.2) is 36.9 Å². The highest BCUT2D eigenvalue weighted by Gasteiger charge is 2.29. The van der Waals surface area contributed by atoms with E-state index in [9.17, 15) is 9.59 Å². The lowest BCUT2D eigenvalue weighted by Crippen LogP contribution is -2.42. The lowest BCUT2D eigenvalue weighted by Gasteiger charge is -2.37. The second kappa shape index (κ2) is 10.1. The van der Waals surface area contributed by atoms with E-state index < -0.39 is 0 Å². The monoisotopic (exact) mass is 401 g/mol. The summed E-state index contributed by atoms with van der Waals surface area (Å²) in [7, 11) is 4.04. The predicted molar refractivity (Wildman–Crippen MR) is 121 cm³/mol. The number of carbonyl (C=O) groups is 2. The van der Waals surface area contributed by atoms with Crippen molar-refractivity contribution in [2.24, 2.45) is 5.41 Å². The van der Waals surface area contributed by atoms with Gasteiger partial charge in [0, 0.05) is 50.9 Å². The second-order valence-corrected chi connectivity index (χ2v) is 9.69. The van der Waals surface area contributed by atoms with Crippen molar-refractivity contribution in [1.82, 2.24) is 4.90 Å². The number of amides is 2. The van der Waals surface area contributed by atoms with E-state index in [2.05, 4.69) is 35.9 Å². The summed E-state index contributed by atoms with van der Waals surface area (Å²) in [5.74, 6) is 0.235. The zero-order valence-electron chi connectivity index (χ0n) is 19.2. The number of rotatable bonds is 7. The van der Waals surface area contributed by atoms with Crippen molar-refractivity contribution < 1.29 is 9.59 Å². The second-order valence-electron chi connectivity index (χ2n) is 9.69. The summed E-state index contributed by atoms with van der Waals surface area (Å²) in [5, 5.41) is 2.96. The molecule has 5 heteroatoms. The highest BCUT2D eigenvalue weighted by Crippen LogP contribution is 2.31. The molecule has 1 saturated carbocycles. The van der Waals surface area contributed by atoms with Gasteiger partial charge in [-0.2, -0.15) is 0 Å². The van der Waals surface area contributed by atoms with Gasteiger partial charge in [0.15, 0.2) is 0 Å². The van der Waals surface area contributed by atoms with E-state index in [1.807, 2.05) is 39.2 Å². The van der Waals surface area contributed by atoms with Crippen LogP contribution in [0.5, 0.6) is 0 Å². The van der Waals surface area contributed by atoms with Crippen LogP contribution in [0.25, 0.3) is 0 Å². The topological polar surface area (TPSA) is 52.7 Å². The third-order valence-electron chi connectivity index (χ3n) is 5.52. The van der Waals surface area contributed by atoms with Gasteiger partial charge in [0.05, 0.1) is 0 Å². The van der Waals surface area contributed by atoms with Crippen LogP contribution in [0, 0.1) is 5.41 Å². The Kier molecular flexibility index (Phi) is 8.12. The molecule has 2 amide bonds. The van der Waals surface area contributed by atoms with Crippen LogP contribution in [0.3, 0.4) is 0 Å². The summed E-state index contributed by atoms with van der Waals surface area (Å²) in [6.45, 7) is 8.80. The maximum absolute atomic E-state index is 13.3. The molecule has 1 aromatic rings. The van der Waals surface area contributed by atoms with Gasteiger partial charge in [-0.15, -0.1) is 0 Å². The van der Waals surface area contributed by atoms with Gasteiger partial charge in [-0.1, -0.05) is 47.0 Å². The average molecular weight is 402 g/mol. The normalized spacial score (nSPS) is 15.1. The summed E-state index contributed by atoms with van der Waals surface area (Å²) < 4.78 is 0. The molecule has 0 atom stereocenters. The Morgan fingerprint density at radius 1 is 1.10 bits per heavy atom. The molecule has 0 saturated heterocycles. The summed E-state index contributed by atoms with van der Waals surface area (Å²) >= 11 is 0. The van der Waals surface area contributed by atoms with Gasteiger partial charge in [-0.25, -0.2) is 0 Å². The fourth-order valence-electron chi connectivity index (χ4n) is 4.03. The Morgan fingerprint density at radius 3 is 2.31 bits per heavy atom. The molecule has 0 aliphatic heterocycles. The summed E-state index contributed by atoms with van der Waals surface area (Å²) in [6.07, 6.45) is 6.81. The fraction of sp³-hybridized carbons (Fsp3) is 0.667. The Hall–Kier alpha value is -2.04. The maximum Gasteiger partial charge on any atom is 0.224 e. The SMILES string of the molecule is CCC(=O)Nc1ccc(N(C)C)c(CN(C(=O)CC(C)(C)C)C2CCCCC2)c1.